The van der Waals surface area contributed by atoms with Crippen molar-refractivity contribution in [2.24, 2.45) is 7.05 Å². The molecule has 0 saturated carbocycles. The number of aromatic nitrogens is 4. The average Bonchev–Trinajstić information content (AvgIpc) is 3.02. The van der Waals surface area contributed by atoms with E-state index in [9.17, 15) is 9.18 Å². The Hall–Kier alpha value is -2.70. The predicted molar refractivity (Wildman–Crippen MR) is 103 cm³/mol. The zero-order chi connectivity index (χ0) is 19.1. The lowest BCUT2D eigenvalue weighted by Gasteiger charge is -2.13. The molecule has 2 heterocycles. The lowest BCUT2D eigenvalue weighted by Crippen LogP contribution is -2.24. The number of nitrogens with zero attached hydrogens (tertiary/aromatic N) is 4. The largest absolute Gasteiger partial charge is 0.318 e. The molecule has 0 spiro atoms. The maximum atomic E-state index is 14.4. The second-order valence-electron chi connectivity index (χ2n) is 6.06. The van der Waals surface area contributed by atoms with E-state index in [0.717, 1.165) is 0 Å². The Bertz CT molecular complexity index is 1220. The van der Waals surface area contributed by atoms with E-state index in [1.807, 2.05) is 0 Å². The molecule has 2 aromatic heterocycles. The Morgan fingerprint density at radius 2 is 1.85 bits per heavy atom. The van der Waals surface area contributed by atoms with Crippen LogP contribution < -0.4 is 5.56 Å². The van der Waals surface area contributed by atoms with E-state index >= 15 is 0 Å². The first-order chi connectivity index (χ1) is 13.0. The fourth-order valence-corrected chi connectivity index (χ4v) is 3.25. The van der Waals surface area contributed by atoms with Gasteiger partial charge in [-0.05, 0) is 35.9 Å². The van der Waals surface area contributed by atoms with Gasteiger partial charge in [-0.3, -0.25) is 9.36 Å². The van der Waals surface area contributed by atoms with Crippen molar-refractivity contribution < 1.29 is 4.39 Å². The van der Waals surface area contributed by atoms with Crippen LogP contribution in [-0.4, -0.2) is 19.1 Å². The molecule has 5 nitrogen and oxygen atoms in total. The number of aryl methyl sites for hydroxylation is 1. The van der Waals surface area contributed by atoms with Crippen LogP contribution in [0.2, 0.25) is 10.0 Å². The van der Waals surface area contributed by atoms with Crippen molar-refractivity contribution in [1.29, 1.82) is 0 Å². The van der Waals surface area contributed by atoms with E-state index in [1.54, 1.807) is 48.0 Å². The zero-order valence-corrected chi connectivity index (χ0v) is 15.7. The Morgan fingerprint density at radius 1 is 1.11 bits per heavy atom. The molecule has 0 N–H and O–H groups in total. The van der Waals surface area contributed by atoms with Crippen LogP contribution in [-0.2, 0) is 13.5 Å². The lowest BCUT2D eigenvalue weighted by molar-refractivity contribution is 0.611. The summed E-state index contributed by atoms with van der Waals surface area (Å²) < 4.78 is 17.5. The molecular formula is C19H13Cl2FN4O. The number of rotatable bonds is 3. The molecule has 27 heavy (non-hydrogen) atoms. The lowest BCUT2D eigenvalue weighted by atomic mass is 10.1. The van der Waals surface area contributed by atoms with E-state index in [2.05, 4.69) is 9.97 Å². The molecule has 4 rings (SSSR count). The maximum absolute atomic E-state index is 14.4. The summed E-state index contributed by atoms with van der Waals surface area (Å²) in [6.07, 6.45) is 1.61. The second-order valence-corrected chi connectivity index (χ2v) is 6.91. The monoisotopic (exact) mass is 402 g/mol. The summed E-state index contributed by atoms with van der Waals surface area (Å²) in [6.45, 7) is 0. The third kappa shape index (κ3) is 3.11. The van der Waals surface area contributed by atoms with Gasteiger partial charge in [-0.2, -0.15) is 0 Å². The molecule has 8 heteroatoms. The van der Waals surface area contributed by atoms with Crippen molar-refractivity contribution >= 4 is 34.4 Å². The number of hydrogen-bond donors (Lipinski definition) is 0. The number of benzene rings is 2. The minimum atomic E-state index is -0.527. The summed E-state index contributed by atoms with van der Waals surface area (Å²) in [7, 11) is 1.75. The number of hydrogen-bond acceptors (Lipinski definition) is 3. The zero-order valence-electron chi connectivity index (χ0n) is 14.2. The smallest absolute Gasteiger partial charge is 0.286 e. The molecule has 0 amide bonds. The van der Waals surface area contributed by atoms with Gasteiger partial charge in [-0.15, -0.1) is 0 Å². The highest BCUT2D eigenvalue weighted by Gasteiger charge is 2.18. The van der Waals surface area contributed by atoms with Gasteiger partial charge in [0.05, 0.1) is 17.0 Å². The van der Waals surface area contributed by atoms with Crippen LogP contribution in [0.1, 0.15) is 11.4 Å². The first kappa shape index (κ1) is 17.7. The molecular weight excluding hydrogens is 390 g/mol. The third-order valence-electron chi connectivity index (χ3n) is 4.27. The van der Waals surface area contributed by atoms with E-state index < -0.39 is 5.82 Å². The standard InChI is InChI=1S/C19H13Cl2FN4O/c1-25-10-23-17-18(25)24-15(9-11-3-2-4-14(21)16(11)22)26(19(17)27)13-7-5-12(20)6-8-13/h2-8,10H,9H2,1H3. The first-order valence-electron chi connectivity index (χ1n) is 8.07. The van der Waals surface area contributed by atoms with Crippen LogP contribution in [0, 0.1) is 5.82 Å². The maximum Gasteiger partial charge on any atom is 0.286 e. The van der Waals surface area contributed by atoms with Gasteiger partial charge in [-0.1, -0.05) is 35.3 Å². The molecule has 0 unspecified atom stereocenters. The Balaban J connectivity index is 1.98. The molecule has 136 valence electrons. The van der Waals surface area contributed by atoms with Gasteiger partial charge >= 0.3 is 0 Å². The van der Waals surface area contributed by atoms with E-state index in [1.165, 1.54) is 17.0 Å². The van der Waals surface area contributed by atoms with E-state index in [-0.39, 0.29) is 22.5 Å². The van der Waals surface area contributed by atoms with Crippen LogP contribution in [0.25, 0.3) is 16.9 Å². The van der Waals surface area contributed by atoms with Crippen molar-refractivity contribution in [3.8, 4) is 5.69 Å². The number of fused-ring (bicyclic) bond motifs is 1. The second kappa shape index (κ2) is 6.79. The van der Waals surface area contributed by atoms with Crippen LogP contribution in [0.3, 0.4) is 0 Å². The first-order valence-corrected chi connectivity index (χ1v) is 8.83. The fraction of sp³-hybridized carbons (Fsp3) is 0.105. The van der Waals surface area contributed by atoms with Crippen LogP contribution >= 0.6 is 23.2 Å². The average molecular weight is 403 g/mol. The molecule has 0 atom stereocenters. The van der Waals surface area contributed by atoms with Gasteiger partial charge < -0.3 is 4.57 Å². The summed E-state index contributed by atoms with van der Waals surface area (Å²) in [5, 5.41) is 0.565. The van der Waals surface area contributed by atoms with Crippen LogP contribution in [0.4, 0.5) is 4.39 Å². The molecule has 0 aliphatic carbocycles. The SMILES string of the molecule is Cn1cnc2c(=O)n(-c3ccc(Cl)cc3)c(Cc3cccc(Cl)c3F)nc21. The van der Waals surface area contributed by atoms with Gasteiger partial charge in [-0.25, -0.2) is 14.4 Å². The highest BCUT2D eigenvalue weighted by atomic mass is 35.5. The minimum absolute atomic E-state index is 0.0227. The minimum Gasteiger partial charge on any atom is -0.318 e. The number of halogens is 3. The van der Waals surface area contributed by atoms with Crippen molar-refractivity contribution in [2.45, 2.75) is 6.42 Å². The molecule has 4 aromatic rings. The third-order valence-corrected chi connectivity index (χ3v) is 4.81. The topological polar surface area (TPSA) is 52.7 Å². The highest BCUT2D eigenvalue weighted by molar-refractivity contribution is 6.31. The van der Waals surface area contributed by atoms with Gasteiger partial charge in [0, 0.05) is 18.5 Å². The molecule has 0 aliphatic heterocycles. The summed E-state index contributed by atoms with van der Waals surface area (Å²) in [6, 6.07) is 11.5. The van der Waals surface area contributed by atoms with Gasteiger partial charge in [0.2, 0.25) is 0 Å². The van der Waals surface area contributed by atoms with Crippen LogP contribution in [0.15, 0.2) is 53.6 Å². The number of imidazole rings is 1. The fourth-order valence-electron chi connectivity index (χ4n) is 2.93. The summed E-state index contributed by atoms with van der Waals surface area (Å²) in [5.41, 5.74) is 1.26. The van der Waals surface area contributed by atoms with Crippen LogP contribution in [0.5, 0.6) is 0 Å². The van der Waals surface area contributed by atoms with Crippen molar-refractivity contribution in [3.05, 3.63) is 86.4 Å². The highest BCUT2D eigenvalue weighted by Crippen LogP contribution is 2.22. The predicted octanol–water partition coefficient (Wildman–Crippen LogP) is 4.16. The van der Waals surface area contributed by atoms with Gasteiger partial charge in [0.25, 0.3) is 5.56 Å². The summed E-state index contributed by atoms with van der Waals surface area (Å²) >= 11 is 11.9. The Morgan fingerprint density at radius 3 is 2.59 bits per heavy atom. The Kier molecular flexibility index (Phi) is 4.45. The molecule has 0 bridgehead atoms. The molecule has 2 aromatic carbocycles. The van der Waals surface area contributed by atoms with Crippen molar-refractivity contribution in [1.82, 2.24) is 19.1 Å². The van der Waals surface area contributed by atoms with Crippen molar-refractivity contribution in [2.75, 3.05) is 0 Å². The normalized spacial score (nSPS) is 11.3. The van der Waals surface area contributed by atoms with E-state index in [0.29, 0.717) is 27.7 Å². The summed E-state index contributed by atoms with van der Waals surface area (Å²) in [4.78, 5) is 21.8. The van der Waals surface area contributed by atoms with Crippen molar-refractivity contribution in [3.63, 3.8) is 0 Å². The molecule has 0 aliphatic rings. The quantitative estimate of drug-likeness (QED) is 0.516. The molecule has 0 fully saturated rings. The van der Waals surface area contributed by atoms with E-state index in [4.69, 9.17) is 23.2 Å². The van der Waals surface area contributed by atoms with Gasteiger partial charge in [0.1, 0.15) is 11.6 Å². The summed E-state index contributed by atoms with van der Waals surface area (Å²) in [5.74, 6) is -0.152. The molecule has 0 saturated heterocycles. The molecule has 0 radical (unpaired) electrons. The van der Waals surface area contributed by atoms with Gasteiger partial charge in [0.15, 0.2) is 11.2 Å². The Labute approximate surface area is 163 Å².